The molecule has 0 aliphatic heterocycles. The summed E-state index contributed by atoms with van der Waals surface area (Å²) in [6, 6.07) is 9.15. The van der Waals surface area contributed by atoms with Crippen LogP contribution in [0.1, 0.15) is 18.4 Å². The normalized spacial score (nSPS) is 14.6. The molecule has 2 aromatic rings. The monoisotopic (exact) mass is 335 g/mol. The van der Waals surface area contributed by atoms with Crippen LogP contribution in [0.2, 0.25) is 0 Å². The molecule has 0 bridgehead atoms. The molecule has 5 heteroatoms. The second-order valence-corrected chi connectivity index (χ2v) is 6.49. The number of hydrogen-bond acceptors (Lipinski definition) is 4. The second kappa shape index (κ2) is 6.03. The lowest BCUT2D eigenvalue weighted by molar-refractivity contribution is 0.687. The van der Waals surface area contributed by atoms with Gasteiger partial charge in [0.25, 0.3) is 0 Å². The molecular weight excluding hydrogens is 322 g/mol. The van der Waals surface area contributed by atoms with Crippen LogP contribution in [-0.2, 0) is 6.54 Å². The van der Waals surface area contributed by atoms with E-state index >= 15 is 0 Å². The predicted octanol–water partition coefficient (Wildman–Crippen LogP) is 3.64. The second-order valence-electron chi connectivity index (χ2n) is 4.57. The highest BCUT2D eigenvalue weighted by Crippen LogP contribution is 2.32. The lowest BCUT2D eigenvalue weighted by Crippen LogP contribution is -2.15. The Morgan fingerprint density at radius 3 is 2.89 bits per heavy atom. The van der Waals surface area contributed by atoms with Crippen molar-refractivity contribution in [2.45, 2.75) is 35.3 Å². The fraction of sp³-hybridized carbons (Fsp3) is 0.286. The van der Waals surface area contributed by atoms with Crippen LogP contribution in [0, 0.1) is 0 Å². The van der Waals surface area contributed by atoms with Gasteiger partial charge in [-0.1, -0.05) is 17.8 Å². The molecule has 1 aromatic heterocycles. The van der Waals surface area contributed by atoms with E-state index in [-0.39, 0.29) is 0 Å². The van der Waals surface area contributed by atoms with E-state index in [1.807, 2.05) is 6.07 Å². The lowest BCUT2D eigenvalue weighted by atomic mass is 10.2. The Morgan fingerprint density at radius 2 is 2.21 bits per heavy atom. The zero-order chi connectivity index (χ0) is 13.1. The average molecular weight is 336 g/mol. The predicted molar refractivity (Wildman–Crippen MR) is 80.2 cm³/mol. The van der Waals surface area contributed by atoms with Crippen LogP contribution in [0.4, 0.5) is 0 Å². The van der Waals surface area contributed by atoms with Crippen molar-refractivity contribution in [2.75, 3.05) is 0 Å². The smallest absolute Gasteiger partial charge is 0.116 e. The van der Waals surface area contributed by atoms with Crippen LogP contribution in [0.3, 0.4) is 0 Å². The van der Waals surface area contributed by atoms with Gasteiger partial charge in [-0.15, -0.1) is 0 Å². The molecule has 1 aliphatic carbocycles. The molecule has 19 heavy (non-hydrogen) atoms. The Balaban J connectivity index is 1.68. The molecule has 1 N–H and O–H groups in total. The molecule has 1 heterocycles. The van der Waals surface area contributed by atoms with Crippen molar-refractivity contribution in [3.05, 3.63) is 46.8 Å². The molecule has 0 saturated heterocycles. The molecule has 3 rings (SSSR count). The molecule has 0 spiro atoms. The summed E-state index contributed by atoms with van der Waals surface area (Å²) < 4.78 is 1.12. The third-order valence-electron chi connectivity index (χ3n) is 2.94. The number of aromatic nitrogens is 2. The van der Waals surface area contributed by atoms with Gasteiger partial charge < -0.3 is 5.32 Å². The van der Waals surface area contributed by atoms with E-state index in [0.717, 1.165) is 22.1 Å². The molecule has 0 unspecified atom stereocenters. The first-order valence-electron chi connectivity index (χ1n) is 6.27. The number of halogens is 1. The minimum Gasteiger partial charge on any atom is -0.310 e. The van der Waals surface area contributed by atoms with Crippen LogP contribution in [-0.4, -0.2) is 16.0 Å². The van der Waals surface area contributed by atoms with Crippen molar-refractivity contribution in [3.8, 4) is 0 Å². The van der Waals surface area contributed by atoms with E-state index < -0.39 is 0 Å². The van der Waals surface area contributed by atoms with Crippen molar-refractivity contribution in [1.29, 1.82) is 0 Å². The van der Waals surface area contributed by atoms with E-state index in [4.69, 9.17) is 0 Å². The summed E-state index contributed by atoms with van der Waals surface area (Å²) in [5, 5.41) is 4.48. The van der Waals surface area contributed by atoms with Gasteiger partial charge in [-0.2, -0.15) is 0 Å². The van der Waals surface area contributed by atoms with Gasteiger partial charge >= 0.3 is 0 Å². The first-order valence-corrected chi connectivity index (χ1v) is 7.88. The maximum atomic E-state index is 4.22. The SMILES string of the molecule is Brc1cc(CNC2CC2)ccc1Sc1ccncn1. The summed E-state index contributed by atoms with van der Waals surface area (Å²) in [5.41, 5.74) is 1.31. The average Bonchev–Trinajstić information content (AvgIpc) is 3.25. The van der Waals surface area contributed by atoms with E-state index in [9.17, 15) is 0 Å². The molecule has 1 fully saturated rings. The maximum Gasteiger partial charge on any atom is 0.116 e. The molecule has 0 amide bonds. The van der Waals surface area contributed by atoms with Crippen LogP contribution >= 0.6 is 27.7 Å². The largest absolute Gasteiger partial charge is 0.310 e. The van der Waals surface area contributed by atoms with Gasteiger partial charge in [0.15, 0.2) is 0 Å². The molecule has 1 saturated carbocycles. The fourth-order valence-corrected chi connectivity index (χ4v) is 3.15. The van der Waals surface area contributed by atoms with E-state index in [2.05, 4.69) is 49.4 Å². The highest BCUT2D eigenvalue weighted by Gasteiger charge is 2.19. The van der Waals surface area contributed by atoms with Gasteiger partial charge in [0.05, 0.1) is 0 Å². The molecule has 1 aliphatic rings. The van der Waals surface area contributed by atoms with Crippen LogP contribution in [0.5, 0.6) is 0 Å². The quantitative estimate of drug-likeness (QED) is 0.846. The molecular formula is C14H14BrN3S. The van der Waals surface area contributed by atoms with Gasteiger partial charge in [0.2, 0.25) is 0 Å². The fourth-order valence-electron chi connectivity index (χ4n) is 1.74. The van der Waals surface area contributed by atoms with E-state index in [0.29, 0.717) is 0 Å². The van der Waals surface area contributed by atoms with Gasteiger partial charge in [-0.3, -0.25) is 0 Å². The Labute approximate surface area is 125 Å². The van der Waals surface area contributed by atoms with Crippen molar-refractivity contribution in [2.24, 2.45) is 0 Å². The standard InChI is InChI=1S/C14H14BrN3S/c15-12-7-10(8-17-11-2-3-11)1-4-13(12)19-14-5-6-16-9-18-14/h1,4-7,9,11,17H,2-3,8H2. The van der Waals surface area contributed by atoms with Gasteiger partial charge in [-0.25, -0.2) is 9.97 Å². The topological polar surface area (TPSA) is 37.8 Å². The summed E-state index contributed by atoms with van der Waals surface area (Å²) >= 11 is 5.28. The Kier molecular flexibility index (Phi) is 4.15. The van der Waals surface area contributed by atoms with Gasteiger partial charge in [-0.05, 0) is 52.5 Å². The summed E-state index contributed by atoms with van der Waals surface area (Å²) in [5.74, 6) is 0. The molecule has 98 valence electrons. The molecule has 0 radical (unpaired) electrons. The third kappa shape index (κ3) is 3.78. The highest BCUT2D eigenvalue weighted by molar-refractivity contribution is 9.10. The van der Waals surface area contributed by atoms with E-state index in [1.54, 1.807) is 24.3 Å². The molecule has 1 aromatic carbocycles. The van der Waals surface area contributed by atoms with Crippen molar-refractivity contribution >= 4 is 27.7 Å². The number of rotatable bonds is 5. The third-order valence-corrected chi connectivity index (χ3v) is 4.88. The maximum absolute atomic E-state index is 4.22. The molecule has 0 atom stereocenters. The van der Waals surface area contributed by atoms with Crippen LogP contribution in [0.25, 0.3) is 0 Å². The number of nitrogens with one attached hydrogen (secondary N) is 1. The Morgan fingerprint density at radius 1 is 1.32 bits per heavy atom. The summed E-state index contributed by atoms with van der Waals surface area (Å²) in [6.45, 7) is 0.946. The van der Waals surface area contributed by atoms with Crippen molar-refractivity contribution in [1.82, 2.24) is 15.3 Å². The van der Waals surface area contributed by atoms with Gasteiger partial charge in [0.1, 0.15) is 11.4 Å². The highest BCUT2D eigenvalue weighted by atomic mass is 79.9. The number of nitrogens with zero attached hydrogens (tertiary/aromatic N) is 2. The Hall–Kier alpha value is -0.910. The molecule has 3 nitrogen and oxygen atoms in total. The summed E-state index contributed by atoms with van der Waals surface area (Å²) in [4.78, 5) is 9.32. The number of benzene rings is 1. The summed E-state index contributed by atoms with van der Waals surface area (Å²) in [7, 11) is 0. The van der Waals surface area contributed by atoms with Crippen LogP contribution in [0.15, 0.2) is 51.2 Å². The first-order chi connectivity index (χ1) is 9.31. The van der Waals surface area contributed by atoms with Crippen LogP contribution < -0.4 is 5.32 Å². The zero-order valence-corrected chi connectivity index (χ0v) is 12.7. The minimum atomic E-state index is 0.744. The van der Waals surface area contributed by atoms with E-state index in [1.165, 1.54) is 23.3 Å². The van der Waals surface area contributed by atoms with Crippen molar-refractivity contribution in [3.63, 3.8) is 0 Å². The van der Waals surface area contributed by atoms with Crippen molar-refractivity contribution < 1.29 is 0 Å². The lowest BCUT2D eigenvalue weighted by Gasteiger charge is -2.07. The van der Waals surface area contributed by atoms with Gasteiger partial charge in [0, 0.05) is 28.2 Å². The Bertz CT molecular complexity index is 558. The zero-order valence-electron chi connectivity index (χ0n) is 10.3. The summed E-state index contributed by atoms with van der Waals surface area (Å²) in [6.07, 6.45) is 5.98. The number of hydrogen-bond donors (Lipinski definition) is 1. The first kappa shape index (κ1) is 13.1. The minimum absolute atomic E-state index is 0.744.